The summed E-state index contributed by atoms with van der Waals surface area (Å²) in [6.45, 7) is 0. The van der Waals surface area contributed by atoms with Gasteiger partial charge in [0.25, 0.3) is 0 Å². The number of carbonyl (C=O) groups is 1. The fourth-order valence-electron chi connectivity index (χ4n) is 1.59. The molecule has 0 aliphatic heterocycles. The van der Waals surface area contributed by atoms with Gasteiger partial charge in [-0.2, -0.15) is 0 Å². The number of benzene rings is 1. The van der Waals surface area contributed by atoms with E-state index in [1.54, 1.807) is 6.07 Å². The van der Waals surface area contributed by atoms with Crippen molar-refractivity contribution >= 4 is 40.9 Å². The quantitative estimate of drug-likeness (QED) is 0.747. The summed E-state index contributed by atoms with van der Waals surface area (Å²) in [5, 5.41) is 29.2. The Bertz CT molecular complexity index is 672. The lowest BCUT2D eigenvalue weighted by atomic mass is 10.3. The van der Waals surface area contributed by atoms with Gasteiger partial charge in [-0.15, -0.1) is 11.8 Å². The summed E-state index contributed by atoms with van der Waals surface area (Å²) in [6.07, 6.45) is 0. The Balaban J connectivity index is 2.41. The molecule has 1 heterocycles. The summed E-state index contributed by atoms with van der Waals surface area (Å²) in [5.41, 5.74) is 0.413. The number of thioether (sulfide) groups is 1. The van der Waals surface area contributed by atoms with Crippen LogP contribution in [0.5, 0.6) is 11.8 Å². The SMILES string of the molecule is O=C(O)CSc1cc(O)n(-c2ccc(Cl)c(Cl)c2)c1O. The number of hydrogen-bond acceptors (Lipinski definition) is 4. The predicted octanol–water partition coefficient (Wildman–Crippen LogP) is 3.37. The molecule has 2 rings (SSSR count). The molecule has 5 nitrogen and oxygen atoms in total. The molecule has 1 aromatic carbocycles. The van der Waals surface area contributed by atoms with Crippen LogP contribution in [0.4, 0.5) is 0 Å². The number of hydrogen-bond donors (Lipinski definition) is 3. The van der Waals surface area contributed by atoms with Crippen LogP contribution in [0.15, 0.2) is 29.2 Å². The molecule has 0 bridgehead atoms. The van der Waals surface area contributed by atoms with Crippen LogP contribution >= 0.6 is 35.0 Å². The maximum absolute atomic E-state index is 10.5. The molecule has 0 saturated carbocycles. The van der Waals surface area contributed by atoms with Crippen LogP contribution in [0.3, 0.4) is 0 Å². The average Bonchev–Trinajstić information content (AvgIpc) is 2.65. The molecule has 106 valence electrons. The Labute approximate surface area is 128 Å². The van der Waals surface area contributed by atoms with Gasteiger partial charge in [0, 0.05) is 6.07 Å². The normalized spacial score (nSPS) is 10.7. The number of aliphatic carboxylic acids is 1. The molecule has 8 heteroatoms. The van der Waals surface area contributed by atoms with Crippen molar-refractivity contribution in [2.75, 3.05) is 5.75 Å². The highest BCUT2D eigenvalue weighted by Gasteiger charge is 2.17. The lowest BCUT2D eigenvalue weighted by Crippen LogP contribution is -1.97. The molecule has 0 saturated heterocycles. The van der Waals surface area contributed by atoms with E-state index in [9.17, 15) is 15.0 Å². The third-order valence-corrected chi connectivity index (χ3v) is 4.18. The fraction of sp³-hybridized carbons (Fsp3) is 0.0833. The summed E-state index contributed by atoms with van der Waals surface area (Å²) in [6, 6.07) is 5.86. The lowest BCUT2D eigenvalue weighted by Gasteiger charge is -2.08. The highest BCUT2D eigenvalue weighted by Crippen LogP contribution is 2.38. The average molecular weight is 334 g/mol. The minimum Gasteiger partial charge on any atom is -0.494 e. The van der Waals surface area contributed by atoms with Gasteiger partial charge in [0.2, 0.25) is 5.88 Å². The smallest absolute Gasteiger partial charge is 0.313 e. The zero-order valence-electron chi connectivity index (χ0n) is 9.88. The van der Waals surface area contributed by atoms with Gasteiger partial charge < -0.3 is 15.3 Å². The zero-order chi connectivity index (χ0) is 14.9. The predicted molar refractivity (Wildman–Crippen MR) is 77.5 cm³/mol. The highest BCUT2D eigenvalue weighted by molar-refractivity contribution is 8.00. The monoisotopic (exact) mass is 333 g/mol. The van der Waals surface area contributed by atoms with Gasteiger partial charge >= 0.3 is 5.97 Å². The highest BCUT2D eigenvalue weighted by atomic mass is 35.5. The fourth-order valence-corrected chi connectivity index (χ4v) is 2.57. The number of nitrogens with zero attached hydrogens (tertiary/aromatic N) is 1. The van der Waals surface area contributed by atoms with Crippen LogP contribution in [0.1, 0.15) is 0 Å². The van der Waals surface area contributed by atoms with E-state index in [-0.39, 0.29) is 27.4 Å². The molecule has 0 radical (unpaired) electrons. The van der Waals surface area contributed by atoms with Gasteiger partial charge in [-0.25, -0.2) is 0 Å². The van der Waals surface area contributed by atoms with Crippen LogP contribution in [0.2, 0.25) is 10.0 Å². The number of aromatic nitrogens is 1. The minimum absolute atomic E-state index is 0.224. The Morgan fingerprint density at radius 1 is 1.20 bits per heavy atom. The molecule has 20 heavy (non-hydrogen) atoms. The molecule has 1 aromatic heterocycles. The maximum Gasteiger partial charge on any atom is 0.313 e. The second-order valence-electron chi connectivity index (χ2n) is 3.81. The van der Waals surface area contributed by atoms with Crippen molar-refractivity contribution in [2.45, 2.75) is 4.90 Å². The first-order valence-corrected chi connectivity index (χ1v) is 7.08. The zero-order valence-corrected chi connectivity index (χ0v) is 12.2. The van der Waals surface area contributed by atoms with Crippen LogP contribution in [0, 0.1) is 0 Å². The van der Waals surface area contributed by atoms with E-state index in [1.807, 2.05) is 0 Å². The summed E-state index contributed by atoms with van der Waals surface area (Å²) < 4.78 is 1.15. The third kappa shape index (κ3) is 2.98. The number of carboxylic acids is 1. The van der Waals surface area contributed by atoms with Crippen molar-refractivity contribution in [1.29, 1.82) is 0 Å². The van der Waals surface area contributed by atoms with Crippen LogP contribution in [-0.2, 0) is 4.79 Å². The summed E-state index contributed by atoms with van der Waals surface area (Å²) in [4.78, 5) is 10.8. The van der Waals surface area contributed by atoms with Crippen LogP contribution < -0.4 is 0 Å². The largest absolute Gasteiger partial charge is 0.494 e. The first-order valence-electron chi connectivity index (χ1n) is 5.34. The standard InChI is InChI=1S/C12H9Cl2NO4S/c13-7-2-1-6(3-8(7)14)15-10(16)4-9(12(15)19)20-5-11(17)18/h1-4,16,19H,5H2,(H,17,18). The number of halogens is 2. The van der Waals surface area contributed by atoms with Crippen molar-refractivity contribution in [3.8, 4) is 17.4 Å². The summed E-state index contributed by atoms with van der Waals surface area (Å²) in [5.74, 6) is -1.73. The van der Waals surface area contributed by atoms with Crippen LogP contribution in [0.25, 0.3) is 5.69 Å². The van der Waals surface area contributed by atoms with E-state index >= 15 is 0 Å². The van der Waals surface area contributed by atoms with E-state index in [2.05, 4.69) is 0 Å². The summed E-state index contributed by atoms with van der Waals surface area (Å²) in [7, 11) is 0. The maximum atomic E-state index is 10.5. The van der Waals surface area contributed by atoms with Gasteiger partial charge in [0.15, 0.2) is 5.88 Å². The summed E-state index contributed by atoms with van der Waals surface area (Å²) >= 11 is 12.6. The molecular weight excluding hydrogens is 325 g/mol. The second-order valence-corrected chi connectivity index (χ2v) is 5.64. The number of aromatic hydroxyl groups is 2. The van der Waals surface area contributed by atoms with Gasteiger partial charge in [-0.1, -0.05) is 23.2 Å². The number of rotatable bonds is 4. The molecule has 3 N–H and O–H groups in total. The Morgan fingerprint density at radius 2 is 1.90 bits per heavy atom. The molecule has 0 unspecified atom stereocenters. The molecule has 0 fully saturated rings. The first kappa shape index (κ1) is 14.9. The van der Waals surface area contributed by atoms with Crippen molar-refractivity contribution in [3.63, 3.8) is 0 Å². The van der Waals surface area contributed by atoms with Crippen molar-refractivity contribution in [2.24, 2.45) is 0 Å². The molecular formula is C12H9Cl2NO4S. The van der Waals surface area contributed by atoms with Gasteiger partial charge in [0.05, 0.1) is 26.4 Å². The first-order chi connectivity index (χ1) is 9.40. The molecule has 0 atom stereocenters. The van der Waals surface area contributed by atoms with E-state index in [4.69, 9.17) is 28.3 Å². The van der Waals surface area contributed by atoms with Crippen molar-refractivity contribution < 1.29 is 20.1 Å². The Morgan fingerprint density at radius 3 is 2.50 bits per heavy atom. The minimum atomic E-state index is -1.02. The van der Waals surface area contributed by atoms with Crippen LogP contribution in [-0.4, -0.2) is 31.6 Å². The number of carboxylic acid groups (broad SMARTS) is 1. The molecule has 0 spiro atoms. The molecule has 0 amide bonds. The Kier molecular flexibility index (Phi) is 4.37. The van der Waals surface area contributed by atoms with Crippen molar-refractivity contribution in [1.82, 2.24) is 4.57 Å². The molecule has 0 aliphatic carbocycles. The molecule has 0 aliphatic rings. The lowest BCUT2D eigenvalue weighted by molar-refractivity contribution is -0.133. The van der Waals surface area contributed by atoms with E-state index in [0.717, 1.165) is 16.3 Å². The van der Waals surface area contributed by atoms with E-state index in [1.165, 1.54) is 18.2 Å². The van der Waals surface area contributed by atoms with Gasteiger partial charge in [-0.05, 0) is 18.2 Å². The van der Waals surface area contributed by atoms with Gasteiger partial charge in [-0.3, -0.25) is 9.36 Å². The Hall–Kier alpha value is -1.50. The van der Waals surface area contributed by atoms with Crippen molar-refractivity contribution in [3.05, 3.63) is 34.3 Å². The second kappa shape index (κ2) is 5.87. The molecule has 2 aromatic rings. The van der Waals surface area contributed by atoms with E-state index < -0.39 is 5.97 Å². The van der Waals surface area contributed by atoms with E-state index in [0.29, 0.717) is 10.7 Å². The van der Waals surface area contributed by atoms with Gasteiger partial charge in [0.1, 0.15) is 0 Å². The third-order valence-electron chi connectivity index (χ3n) is 2.43. The topological polar surface area (TPSA) is 82.7 Å².